The van der Waals surface area contributed by atoms with E-state index in [0.29, 0.717) is 6.54 Å². The van der Waals surface area contributed by atoms with Gasteiger partial charge in [0.25, 0.3) is 0 Å². The molecule has 2 amide bonds. The first-order chi connectivity index (χ1) is 10.4. The summed E-state index contributed by atoms with van der Waals surface area (Å²) >= 11 is 0. The molecule has 22 heavy (non-hydrogen) atoms. The van der Waals surface area contributed by atoms with Gasteiger partial charge in [-0.3, -0.25) is 4.79 Å². The first kappa shape index (κ1) is 15.9. The number of nitrogens with one attached hydrogen (secondary N) is 2. The molecule has 0 aliphatic rings. The number of amides is 2. The second-order valence-corrected chi connectivity index (χ2v) is 5.65. The maximum Gasteiger partial charge on any atom is 0.317 e. The van der Waals surface area contributed by atoms with Gasteiger partial charge in [0.15, 0.2) is 0 Å². The van der Waals surface area contributed by atoms with Crippen LogP contribution in [0.4, 0.5) is 4.79 Å². The molecule has 0 spiro atoms. The maximum atomic E-state index is 12.0. The molecule has 0 aliphatic heterocycles. The highest BCUT2D eigenvalue weighted by atomic mass is 16.4. The van der Waals surface area contributed by atoms with Gasteiger partial charge in [-0.15, -0.1) is 0 Å². The van der Waals surface area contributed by atoms with Crippen LogP contribution in [0.3, 0.4) is 0 Å². The minimum absolute atomic E-state index is 0.178. The van der Waals surface area contributed by atoms with E-state index < -0.39 is 11.9 Å². The monoisotopic (exact) mass is 303 g/mol. The number of hydrogen-bond donors (Lipinski definition) is 3. The maximum absolute atomic E-state index is 12.0. The Morgan fingerprint density at radius 3 is 2.77 bits per heavy atom. The number of rotatable bonds is 5. The van der Waals surface area contributed by atoms with Gasteiger partial charge in [0, 0.05) is 31.3 Å². The molecule has 2 aromatic rings. The molecule has 0 radical (unpaired) electrons. The lowest BCUT2D eigenvalue weighted by molar-refractivity contribution is -0.141. The predicted octanol–water partition coefficient (Wildman–Crippen LogP) is 2.34. The largest absolute Gasteiger partial charge is 0.481 e. The molecule has 6 nitrogen and oxygen atoms in total. The van der Waals surface area contributed by atoms with Crippen molar-refractivity contribution in [3.63, 3.8) is 0 Å². The van der Waals surface area contributed by atoms with Gasteiger partial charge < -0.3 is 20.3 Å². The Hall–Kier alpha value is -2.50. The van der Waals surface area contributed by atoms with Crippen LogP contribution in [0.1, 0.15) is 18.2 Å². The fourth-order valence-corrected chi connectivity index (χ4v) is 2.32. The van der Waals surface area contributed by atoms with Crippen molar-refractivity contribution in [2.45, 2.75) is 20.4 Å². The number of carbonyl (C=O) groups excluding carboxylic acids is 1. The quantitative estimate of drug-likeness (QED) is 0.792. The Bertz CT molecular complexity index is 693. The Morgan fingerprint density at radius 1 is 1.36 bits per heavy atom. The second kappa shape index (κ2) is 6.51. The number of carboxylic acid groups (broad SMARTS) is 1. The van der Waals surface area contributed by atoms with Gasteiger partial charge in [-0.2, -0.15) is 0 Å². The average molecular weight is 303 g/mol. The summed E-state index contributed by atoms with van der Waals surface area (Å²) in [6.07, 6.45) is 0. The number of H-pyrrole nitrogens is 1. The summed E-state index contributed by atoms with van der Waals surface area (Å²) in [6.45, 7) is 4.16. The second-order valence-electron chi connectivity index (χ2n) is 5.65. The SMILES string of the molecule is Cc1cc2cc(CNC(=O)N(C)CC(C)C(=O)O)ccc2[nH]1. The number of carboxylic acids is 1. The molecule has 2 rings (SSSR count). The van der Waals surface area contributed by atoms with Crippen LogP contribution >= 0.6 is 0 Å². The number of urea groups is 1. The number of aromatic nitrogens is 1. The zero-order chi connectivity index (χ0) is 16.3. The highest BCUT2D eigenvalue weighted by Crippen LogP contribution is 2.16. The molecule has 0 saturated carbocycles. The predicted molar refractivity (Wildman–Crippen MR) is 84.7 cm³/mol. The molecular formula is C16H21N3O3. The standard InChI is InChI=1S/C16H21N3O3/c1-10(15(20)21)9-19(3)16(22)17-8-12-4-5-14-13(7-12)6-11(2)18-14/h4-7,10,18H,8-9H2,1-3H3,(H,17,22)(H,20,21). The van der Waals surface area contributed by atoms with Gasteiger partial charge >= 0.3 is 12.0 Å². The highest BCUT2D eigenvalue weighted by Gasteiger charge is 2.17. The lowest BCUT2D eigenvalue weighted by atomic mass is 10.1. The normalized spacial score (nSPS) is 12.1. The number of benzene rings is 1. The van der Waals surface area contributed by atoms with Crippen LogP contribution in [-0.4, -0.2) is 40.6 Å². The van der Waals surface area contributed by atoms with Gasteiger partial charge in [0.05, 0.1) is 5.92 Å². The van der Waals surface area contributed by atoms with Crippen LogP contribution in [0, 0.1) is 12.8 Å². The number of aromatic amines is 1. The van der Waals surface area contributed by atoms with E-state index in [1.165, 1.54) is 4.90 Å². The van der Waals surface area contributed by atoms with Crippen molar-refractivity contribution in [1.82, 2.24) is 15.2 Å². The van der Waals surface area contributed by atoms with E-state index in [4.69, 9.17) is 5.11 Å². The summed E-state index contributed by atoms with van der Waals surface area (Å²) in [4.78, 5) is 27.4. The fraction of sp³-hybridized carbons (Fsp3) is 0.375. The van der Waals surface area contributed by atoms with Crippen LogP contribution in [-0.2, 0) is 11.3 Å². The number of fused-ring (bicyclic) bond motifs is 1. The molecule has 0 aliphatic carbocycles. The van der Waals surface area contributed by atoms with Crippen molar-refractivity contribution < 1.29 is 14.7 Å². The van der Waals surface area contributed by atoms with Crippen molar-refractivity contribution in [3.05, 3.63) is 35.5 Å². The minimum atomic E-state index is -0.909. The smallest absolute Gasteiger partial charge is 0.317 e. The first-order valence-electron chi connectivity index (χ1n) is 7.17. The van der Waals surface area contributed by atoms with Gasteiger partial charge in [0.2, 0.25) is 0 Å². The molecule has 1 aromatic carbocycles. The Kier molecular flexibility index (Phi) is 4.70. The summed E-state index contributed by atoms with van der Waals surface area (Å²) in [5.41, 5.74) is 3.16. The molecule has 1 atom stereocenters. The van der Waals surface area contributed by atoms with Crippen LogP contribution in [0.2, 0.25) is 0 Å². The molecule has 1 unspecified atom stereocenters. The van der Waals surface area contributed by atoms with Crippen molar-refractivity contribution >= 4 is 22.9 Å². The van der Waals surface area contributed by atoms with Crippen molar-refractivity contribution in [2.24, 2.45) is 5.92 Å². The Morgan fingerprint density at radius 2 is 2.09 bits per heavy atom. The van der Waals surface area contributed by atoms with E-state index in [1.807, 2.05) is 25.1 Å². The Labute approximate surface area is 129 Å². The Balaban J connectivity index is 1.92. The van der Waals surface area contributed by atoms with Crippen molar-refractivity contribution in [1.29, 1.82) is 0 Å². The van der Waals surface area contributed by atoms with Gasteiger partial charge in [0.1, 0.15) is 0 Å². The summed E-state index contributed by atoms with van der Waals surface area (Å²) < 4.78 is 0. The van der Waals surface area contributed by atoms with Crippen LogP contribution in [0.5, 0.6) is 0 Å². The molecule has 0 fully saturated rings. The highest BCUT2D eigenvalue weighted by molar-refractivity contribution is 5.81. The molecule has 3 N–H and O–H groups in total. The van der Waals surface area contributed by atoms with E-state index in [2.05, 4.69) is 16.4 Å². The van der Waals surface area contributed by atoms with Gasteiger partial charge in [-0.05, 0) is 36.1 Å². The summed E-state index contributed by atoms with van der Waals surface area (Å²) in [7, 11) is 1.59. The number of hydrogen-bond acceptors (Lipinski definition) is 2. The molecule has 0 saturated heterocycles. The van der Waals surface area contributed by atoms with Crippen molar-refractivity contribution in [3.8, 4) is 0 Å². The molecule has 0 bridgehead atoms. The molecule has 6 heteroatoms. The van der Waals surface area contributed by atoms with Crippen molar-refractivity contribution in [2.75, 3.05) is 13.6 Å². The minimum Gasteiger partial charge on any atom is -0.481 e. The summed E-state index contributed by atoms with van der Waals surface area (Å²) in [5.74, 6) is -1.50. The summed E-state index contributed by atoms with van der Waals surface area (Å²) in [5, 5.41) is 12.8. The molecule has 1 heterocycles. The molecule has 118 valence electrons. The van der Waals surface area contributed by atoms with E-state index >= 15 is 0 Å². The zero-order valence-corrected chi connectivity index (χ0v) is 13.0. The average Bonchev–Trinajstić information content (AvgIpc) is 2.83. The lowest BCUT2D eigenvalue weighted by Crippen LogP contribution is -2.40. The van der Waals surface area contributed by atoms with E-state index in [9.17, 15) is 9.59 Å². The van der Waals surface area contributed by atoms with Crippen LogP contribution < -0.4 is 5.32 Å². The van der Waals surface area contributed by atoms with Gasteiger partial charge in [-0.25, -0.2) is 4.79 Å². The lowest BCUT2D eigenvalue weighted by Gasteiger charge is -2.20. The van der Waals surface area contributed by atoms with Crippen LogP contribution in [0.25, 0.3) is 10.9 Å². The summed E-state index contributed by atoms with van der Waals surface area (Å²) in [6, 6.07) is 7.75. The van der Waals surface area contributed by atoms with E-state index in [1.54, 1.807) is 14.0 Å². The third-order valence-corrected chi connectivity index (χ3v) is 3.58. The molecular weight excluding hydrogens is 282 g/mol. The first-order valence-corrected chi connectivity index (χ1v) is 7.17. The number of aryl methyl sites for hydroxylation is 1. The number of carbonyl (C=O) groups is 2. The third kappa shape index (κ3) is 3.78. The number of nitrogens with zero attached hydrogens (tertiary/aromatic N) is 1. The fourth-order valence-electron chi connectivity index (χ4n) is 2.32. The number of aliphatic carboxylic acids is 1. The third-order valence-electron chi connectivity index (χ3n) is 3.58. The van der Waals surface area contributed by atoms with E-state index in [0.717, 1.165) is 22.2 Å². The topological polar surface area (TPSA) is 85.4 Å². The molecule has 1 aromatic heterocycles. The van der Waals surface area contributed by atoms with E-state index in [-0.39, 0.29) is 12.6 Å². The van der Waals surface area contributed by atoms with Gasteiger partial charge in [-0.1, -0.05) is 13.0 Å². The van der Waals surface area contributed by atoms with Crippen LogP contribution in [0.15, 0.2) is 24.3 Å². The zero-order valence-electron chi connectivity index (χ0n) is 13.0.